The molecule has 0 aromatic heterocycles. The Hall–Kier alpha value is -1.04. The Bertz CT molecular complexity index is 459. The average Bonchev–Trinajstić information content (AvgIpc) is 2.39. The van der Waals surface area contributed by atoms with Gasteiger partial charge in [-0.05, 0) is 54.6 Å². The van der Waals surface area contributed by atoms with Crippen molar-refractivity contribution in [3.63, 3.8) is 0 Å². The Morgan fingerprint density at radius 3 is 2.24 bits per heavy atom. The monoisotopic (exact) mass is 286 g/mol. The largest absolute Gasteiger partial charge is 0.0850 e. The quantitative estimate of drug-likeness (QED) is 0.518. The Labute approximate surface area is 132 Å². The van der Waals surface area contributed by atoms with Gasteiger partial charge in [-0.1, -0.05) is 77.5 Å². The van der Waals surface area contributed by atoms with Crippen LogP contribution in [0.5, 0.6) is 0 Å². The minimum absolute atomic E-state index is 0.343. The summed E-state index contributed by atoms with van der Waals surface area (Å²) in [6, 6.07) is 8.81. The number of hydrogen-bond acceptors (Lipinski definition) is 0. The molecule has 1 aromatic rings. The highest BCUT2D eigenvalue weighted by Gasteiger charge is 2.28. The van der Waals surface area contributed by atoms with Crippen molar-refractivity contribution in [1.82, 2.24) is 0 Å². The van der Waals surface area contributed by atoms with Gasteiger partial charge in [0, 0.05) is 0 Å². The van der Waals surface area contributed by atoms with E-state index >= 15 is 0 Å². The van der Waals surface area contributed by atoms with Crippen LogP contribution in [0.15, 0.2) is 35.9 Å². The molecule has 2 unspecified atom stereocenters. The summed E-state index contributed by atoms with van der Waals surface area (Å²) in [6.07, 6.45) is 6.01. The normalized spacial score (nSPS) is 15.9. The molecule has 0 bridgehead atoms. The van der Waals surface area contributed by atoms with Crippen molar-refractivity contribution in [2.45, 2.75) is 67.7 Å². The fourth-order valence-electron chi connectivity index (χ4n) is 3.56. The number of allylic oxidation sites excluding steroid dienone is 2. The summed E-state index contributed by atoms with van der Waals surface area (Å²) < 4.78 is 0. The van der Waals surface area contributed by atoms with E-state index in [1.165, 1.54) is 17.5 Å². The predicted molar refractivity (Wildman–Crippen MR) is 95.7 cm³/mol. The molecule has 0 nitrogen and oxygen atoms in total. The van der Waals surface area contributed by atoms with Crippen LogP contribution in [0.4, 0.5) is 0 Å². The predicted octanol–water partition coefficient (Wildman–Crippen LogP) is 6.58. The van der Waals surface area contributed by atoms with Crippen molar-refractivity contribution in [1.29, 1.82) is 0 Å². The lowest BCUT2D eigenvalue weighted by Gasteiger charge is -2.35. The van der Waals surface area contributed by atoms with Gasteiger partial charge in [0.2, 0.25) is 0 Å². The van der Waals surface area contributed by atoms with E-state index < -0.39 is 0 Å². The third-order valence-corrected chi connectivity index (χ3v) is 4.65. The zero-order valence-corrected chi connectivity index (χ0v) is 15.2. The van der Waals surface area contributed by atoms with E-state index in [0.717, 1.165) is 12.8 Å². The highest BCUT2D eigenvalue weighted by atomic mass is 14.3. The van der Waals surface area contributed by atoms with Gasteiger partial charge in [-0.3, -0.25) is 0 Å². The molecule has 0 aliphatic rings. The zero-order chi connectivity index (χ0) is 16.0. The lowest BCUT2D eigenvalue weighted by Crippen LogP contribution is -2.25. The van der Waals surface area contributed by atoms with Gasteiger partial charge in [0.1, 0.15) is 0 Å². The summed E-state index contributed by atoms with van der Waals surface area (Å²) in [5.41, 5.74) is 4.92. The zero-order valence-electron chi connectivity index (χ0n) is 15.2. The van der Waals surface area contributed by atoms with Crippen molar-refractivity contribution in [2.24, 2.45) is 17.3 Å². The Morgan fingerprint density at radius 2 is 1.76 bits per heavy atom. The van der Waals surface area contributed by atoms with Crippen LogP contribution in [0.25, 0.3) is 0 Å². The van der Waals surface area contributed by atoms with E-state index in [-0.39, 0.29) is 0 Å². The van der Waals surface area contributed by atoms with Crippen molar-refractivity contribution >= 4 is 0 Å². The van der Waals surface area contributed by atoms with Gasteiger partial charge in [-0.2, -0.15) is 0 Å². The van der Waals surface area contributed by atoms with Gasteiger partial charge in [0.15, 0.2) is 0 Å². The van der Waals surface area contributed by atoms with Crippen LogP contribution >= 0.6 is 0 Å². The average molecular weight is 287 g/mol. The van der Waals surface area contributed by atoms with E-state index in [0.29, 0.717) is 17.3 Å². The number of benzene rings is 1. The maximum Gasteiger partial charge on any atom is -0.0154 e. The minimum atomic E-state index is 0.343. The molecule has 0 radical (unpaired) electrons. The summed E-state index contributed by atoms with van der Waals surface area (Å²) in [4.78, 5) is 0. The Balaban J connectivity index is 3.01. The molecule has 1 rings (SSSR count). The van der Waals surface area contributed by atoms with Crippen molar-refractivity contribution in [2.75, 3.05) is 0 Å². The highest BCUT2D eigenvalue weighted by molar-refractivity contribution is 5.28. The van der Waals surface area contributed by atoms with Crippen LogP contribution in [-0.4, -0.2) is 0 Å². The molecule has 0 heteroatoms. The smallest absolute Gasteiger partial charge is 0.0154 e. The number of rotatable bonds is 6. The number of hydrogen-bond donors (Lipinski definition) is 0. The first-order valence-corrected chi connectivity index (χ1v) is 8.55. The van der Waals surface area contributed by atoms with Crippen LogP contribution in [0.2, 0.25) is 0 Å². The minimum Gasteiger partial charge on any atom is -0.0850 e. The molecule has 1 aromatic carbocycles. The molecule has 0 heterocycles. The third-order valence-electron chi connectivity index (χ3n) is 4.65. The molecule has 0 aliphatic heterocycles. The van der Waals surface area contributed by atoms with E-state index in [9.17, 15) is 0 Å². The molecule has 118 valence electrons. The Morgan fingerprint density at radius 1 is 1.14 bits per heavy atom. The molecule has 0 fully saturated rings. The first-order valence-electron chi connectivity index (χ1n) is 8.55. The standard InChI is InChI=1S/C21H34/c1-8-12-19(20(9-2)21(5,6)7)17(4)15-18-14-11-10-13-16(18)3/h10-14,17,20H,8-9,15H2,1-7H3/b19-12-. The van der Waals surface area contributed by atoms with Gasteiger partial charge in [-0.25, -0.2) is 0 Å². The summed E-state index contributed by atoms with van der Waals surface area (Å²) in [5, 5.41) is 0. The molecule has 2 atom stereocenters. The molecule has 0 saturated heterocycles. The van der Waals surface area contributed by atoms with Crippen molar-refractivity contribution in [3.05, 3.63) is 47.0 Å². The van der Waals surface area contributed by atoms with Crippen LogP contribution in [0.3, 0.4) is 0 Å². The second-order valence-electron chi connectivity index (χ2n) is 7.47. The van der Waals surface area contributed by atoms with Crippen LogP contribution < -0.4 is 0 Å². The van der Waals surface area contributed by atoms with Gasteiger partial charge < -0.3 is 0 Å². The lowest BCUT2D eigenvalue weighted by molar-refractivity contribution is 0.254. The van der Waals surface area contributed by atoms with Gasteiger partial charge in [-0.15, -0.1) is 0 Å². The number of aryl methyl sites for hydroxylation is 1. The van der Waals surface area contributed by atoms with Crippen LogP contribution in [-0.2, 0) is 6.42 Å². The van der Waals surface area contributed by atoms with Crippen LogP contribution in [0.1, 0.15) is 65.5 Å². The first-order chi connectivity index (χ1) is 9.81. The first kappa shape index (κ1) is 18.0. The molecule has 0 aliphatic carbocycles. The molecule has 0 N–H and O–H groups in total. The lowest BCUT2D eigenvalue weighted by atomic mass is 9.70. The van der Waals surface area contributed by atoms with E-state index in [1.54, 1.807) is 5.57 Å². The fourth-order valence-corrected chi connectivity index (χ4v) is 3.56. The summed E-state index contributed by atoms with van der Waals surface area (Å²) in [6.45, 7) is 16.4. The maximum atomic E-state index is 2.49. The maximum absolute atomic E-state index is 2.49. The van der Waals surface area contributed by atoms with Gasteiger partial charge in [0.05, 0.1) is 0 Å². The second kappa shape index (κ2) is 7.82. The van der Waals surface area contributed by atoms with Crippen molar-refractivity contribution in [3.8, 4) is 0 Å². The molecule has 0 saturated carbocycles. The van der Waals surface area contributed by atoms with E-state index in [2.05, 4.69) is 78.8 Å². The van der Waals surface area contributed by atoms with Crippen molar-refractivity contribution < 1.29 is 0 Å². The molecule has 0 amide bonds. The molecule has 21 heavy (non-hydrogen) atoms. The van der Waals surface area contributed by atoms with Crippen LogP contribution in [0, 0.1) is 24.2 Å². The summed E-state index contributed by atoms with van der Waals surface area (Å²) >= 11 is 0. The van der Waals surface area contributed by atoms with Gasteiger partial charge >= 0.3 is 0 Å². The molecule has 0 spiro atoms. The summed E-state index contributed by atoms with van der Waals surface area (Å²) in [5.74, 6) is 1.30. The van der Waals surface area contributed by atoms with Gasteiger partial charge in [0.25, 0.3) is 0 Å². The SMILES string of the molecule is CC/C=C(/C(C)Cc1ccccc1C)C(CC)C(C)(C)C. The highest BCUT2D eigenvalue weighted by Crippen LogP contribution is 2.39. The van der Waals surface area contributed by atoms with E-state index in [1.807, 2.05) is 0 Å². The molecular formula is C21H34. The molecular weight excluding hydrogens is 252 g/mol. The Kier molecular flexibility index (Phi) is 6.71. The fraction of sp³-hybridized carbons (Fsp3) is 0.619. The van der Waals surface area contributed by atoms with E-state index in [4.69, 9.17) is 0 Å². The summed E-state index contributed by atoms with van der Waals surface area (Å²) in [7, 11) is 0. The second-order valence-corrected chi connectivity index (χ2v) is 7.47. The topological polar surface area (TPSA) is 0 Å². The third kappa shape index (κ3) is 5.02.